The summed E-state index contributed by atoms with van der Waals surface area (Å²) in [5.74, 6) is 0. The maximum Gasteiger partial charge on any atom is 0.135 e. The second kappa shape index (κ2) is 4.42. The van der Waals surface area contributed by atoms with Crippen LogP contribution in [0, 0.1) is 18.3 Å². The van der Waals surface area contributed by atoms with Gasteiger partial charge in [-0.05, 0) is 26.8 Å². The van der Waals surface area contributed by atoms with Crippen LogP contribution in [0.15, 0.2) is 18.5 Å². The van der Waals surface area contributed by atoms with Crippen LogP contribution in [-0.4, -0.2) is 19.6 Å². The van der Waals surface area contributed by atoms with Gasteiger partial charge in [-0.25, -0.2) is 0 Å². The molecule has 2 rings (SSSR count). The first-order valence-electron chi connectivity index (χ1n) is 5.64. The van der Waals surface area contributed by atoms with Crippen LogP contribution in [0.4, 0.5) is 0 Å². The van der Waals surface area contributed by atoms with Crippen molar-refractivity contribution in [1.29, 1.82) is 5.26 Å². The summed E-state index contributed by atoms with van der Waals surface area (Å²) in [6.07, 6.45) is 3.66. The second-order valence-corrected chi connectivity index (χ2v) is 4.00. The SMILES string of the molecule is CCn1nc(C)cc1-c1cnn(C(C)C#N)c1. The van der Waals surface area contributed by atoms with Crippen molar-refractivity contribution in [2.24, 2.45) is 0 Å². The third-order valence-electron chi connectivity index (χ3n) is 2.68. The van der Waals surface area contributed by atoms with Crippen LogP contribution in [0.5, 0.6) is 0 Å². The Morgan fingerprint density at radius 1 is 1.53 bits per heavy atom. The van der Waals surface area contributed by atoms with Crippen LogP contribution < -0.4 is 0 Å². The van der Waals surface area contributed by atoms with Crippen LogP contribution in [-0.2, 0) is 6.54 Å². The third-order valence-corrected chi connectivity index (χ3v) is 2.68. The average Bonchev–Trinajstić information content (AvgIpc) is 2.93. The van der Waals surface area contributed by atoms with Gasteiger partial charge in [0.15, 0.2) is 0 Å². The van der Waals surface area contributed by atoms with E-state index in [1.165, 1.54) is 0 Å². The lowest BCUT2D eigenvalue weighted by Gasteiger charge is -2.02. The minimum Gasteiger partial charge on any atom is -0.265 e. The summed E-state index contributed by atoms with van der Waals surface area (Å²) in [7, 11) is 0. The largest absolute Gasteiger partial charge is 0.265 e. The highest BCUT2D eigenvalue weighted by atomic mass is 15.3. The predicted molar refractivity (Wildman–Crippen MR) is 64.2 cm³/mol. The number of aromatic nitrogens is 4. The third kappa shape index (κ3) is 2.07. The topological polar surface area (TPSA) is 59.4 Å². The van der Waals surface area contributed by atoms with Crippen molar-refractivity contribution in [3.8, 4) is 17.3 Å². The van der Waals surface area contributed by atoms with E-state index in [2.05, 4.69) is 23.2 Å². The number of hydrogen-bond donors (Lipinski definition) is 0. The van der Waals surface area contributed by atoms with Gasteiger partial charge in [0.05, 0.1) is 23.7 Å². The van der Waals surface area contributed by atoms with Crippen LogP contribution in [0.2, 0.25) is 0 Å². The molecule has 88 valence electrons. The van der Waals surface area contributed by atoms with E-state index >= 15 is 0 Å². The zero-order valence-corrected chi connectivity index (χ0v) is 10.3. The molecule has 0 aliphatic rings. The summed E-state index contributed by atoms with van der Waals surface area (Å²) < 4.78 is 3.60. The molecular formula is C12H15N5. The molecule has 1 atom stereocenters. The quantitative estimate of drug-likeness (QED) is 0.810. The molecule has 2 aromatic heterocycles. The van der Waals surface area contributed by atoms with Crippen molar-refractivity contribution in [2.75, 3.05) is 0 Å². The van der Waals surface area contributed by atoms with Gasteiger partial charge in [-0.3, -0.25) is 9.36 Å². The summed E-state index contributed by atoms with van der Waals surface area (Å²) in [6, 6.07) is 3.94. The number of rotatable bonds is 3. The predicted octanol–water partition coefficient (Wildman–Crippen LogP) is 2.16. The standard InChI is InChI=1S/C12H15N5/c1-4-16-12(5-9(2)15-16)11-7-14-17(8-11)10(3)6-13/h5,7-8,10H,4H2,1-3H3. The van der Waals surface area contributed by atoms with Crippen LogP contribution in [0.25, 0.3) is 11.3 Å². The lowest BCUT2D eigenvalue weighted by Crippen LogP contribution is -2.02. The fourth-order valence-electron chi connectivity index (χ4n) is 1.76. The summed E-state index contributed by atoms with van der Waals surface area (Å²) in [4.78, 5) is 0. The molecule has 0 aromatic carbocycles. The maximum absolute atomic E-state index is 8.84. The van der Waals surface area contributed by atoms with E-state index in [9.17, 15) is 0 Å². The molecule has 5 heteroatoms. The molecule has 0 aliphatic heterocycles. The normalized spacial score (nSPS) is 12.4. The maximum atomic E-state index is 8.84. The zero-order chi connectivity index (χ0) is 12.4. The molecule has 5 nitrogen and oxygen atoms in total. The first-order valence-corrected chi connectivity index (χ1v) is 5.64. The Morgan fingerprint density at radius 2 is 2.29 bits per heavy atom. The number of nitrogens with zero attached hydrogens (tertiary/aromatic N) is 5. The number of nitriles is 1. The molecule has 2 heterocycles. The summed E-state index contributed by atoms with van der Waals surface area (Å²) in [5, 5.41) is 17.4. The second-order valence-electron chi connectivity index (χ2n) is 4.00. The van der Waals surface area contributed by atoms with E-state index < -0.39 is 0 Å². The Balaban J connectivity index is 2.40. The summed E-state index contributed by atoms with van der Waals surface area (Å²) in [6.45, 7) is 6.66. The van der Waals surface area contributed by atoms with Gasteiger partial charge in [-0.1, -0.05) is 0 Å². The minimum absolute atomic E-state index is 0.247. The Labute approximate surface area is 100 Å². The molecule has 2 aromatic rings. The fraction of sp³-hybridized carbons (Fsp3) is 0.417. The number of aryl methyl sites for hydroxylation is 2. The molecule has 1 unspecified atom stereocenters. The summed E-state index contributed by atoms with van der Waals surface area (Å²) in [5.41, 5.74) is 3.03. The van der Waals surface area contributed by atoms with Crippen LogP contribution >= 0.6 is 0 Å². The molecule has 0 saturated carbocycles. The molecule has 0 amide bonds. The molecule has 17 heavy (non-hydrogen) atoms. The highest BCUT2D eigenvalue weighted by molar-refractivity contribution is 5.58. The Kier molecular flexibility index (Phi) is 2.96. The highest BCUT2D eigenvalue weighted by Crippen LogP contribution is 2.21. The molecule has 0 spiro atoms. The molecule has 0 saturated heterocycles. The van der Waals surface area contributed by atoms with Crippen molar-refractivity contribution < 1.29 is 0 Å². The molecular weight excluding hydrogens is 214 g/mol. The van der Waals surface area contributed by atoms with E-state index in [1.54, 1.807) is 10.9 Å². The van der Waals surface area contributed by atoms with E-state index in [-0.39, 0.29) is 6.04 Å². The molecule has 0 aliphatic carbocycles. The van der Waals surface area contributed by atoms with Gasteiger partial charge in [0.25, 0.3) is 0 Å². The Bertz CT molecular complexity index is 558. The van der Waals surface area contributed by atoms with Gasteiger partial charge in [-0.2, -0.15) is 15.5 Å². The minimum atomic E-state index is -0.247. The molecule has 0 bridgehead atoms. The van der Waals surface area contributed by atoms with Crippen molar-refractivity contribution in [3.63, 3.8) is 0 Å². The number of hydrogen-bond acceptors (Lipinski definition) is 3. The van der Waals surface area contributed by atoms with E-state index in [1.807, 2.05) is 30.8 Å². The first-order chi connectivity index (χ1) is 8.15. The lowest BCUT2D eigenvalue weighted by atomic mass is 10.2. The van der Waals surface area contributed by atoms with Gasteiger partial charge in [0.1, 0.15) is 6.04 Å². The van der Waals surface area contributed by atoms with E-state index in [0.29, 0.717) is 0 Å². The van der Waals surface area contributed by atoms with Crippen molar-refractivity contribution in [3.05, 3.63) is 24.2 Å². The van der Waals surface area contributed by atoms with E-state index in [0.717, 1.165) is 23.5 Å². The average molecular weight is 229 g/mol. The van der Waals surface area contributed by atoms with Gasteiger partial charge in [0.2, 0.25) is 0 Å². The lowest BCUT2D eigenvalue weighted by molar-refractivity contribution is 0.591. The van der Waals surface area contributed by atoms with Crippen LogP contribution in [0.1, 0.15) is 25.6 Å². The monoisotopic (exact) mass is 229 g/mol. The Morgan fingerprint density at radius 3 is 2.94 bits per heavy atom. The summed E-state index contributed by atoms with van der Waals surface area (Å²) >= 11 is 0. The first kappa shape index (κ1) is 11.4. The van der Waals surface area contributed by atoms with Gasteiger partial charge in [0, 0.05) is 18.3 Å². The highest BCUT2D eigenvalue weighted by Gasteiger charge is 2.11. The van der Waals surface area contributed by atoms with Crippen molar-refractivity contribution in [1.82, 2.24) is 19.6 Å². The van der Waals surface area contributed by atoms with Gasteiger partial charge in [-0.15, -0.1) is 0 Å². The smallest absolute Gasteiger partial charge is 0.135 e. The fourth-order valence-corrected chi connectivity index (χ4v) is 1.76. The molecule has 0 N–H and O–H groups in total. The molecule has 0 fully saturated rings. The van der Waals surface area contributed by atoms with E-state index in [4.69, 9.17) is 5.26 Å². The molecule has 0 radical (unpaired) electrons. The van der Waals surface area contributed by atoms with Gasteiger partial charge >= 0.3 is 0 Å². The Hall–Kier alpha value is -2.09. The van der Waals surface area contributed by atoms with Gasteiger partial charge < -0.3 is 0 Å². The van der Waals surface area contributed by atoms with Crippen LogP contribution in [0.3, 0.4) is 0 Å². The zero-order valence-electron chi connectivity index (χ0n) is 10.3. The van der Waals surface area contributed by atoms with Crippen molar-refractivity contribution in [2.45, 2.75) is 33.4 Å². The van der Waals surface area contributed by atoms with Crippen molar-refractivity contribution >= 4 is 0 Å².